The predicted octanol–water partition coefficient (Wildman–Crippen LogP) is 2.56. The number of halogens is 1. The third-order valence-corrected chi connectivity index (χ3v) is 2.56. The largest absolute Gasteiger partial charge is 0.341 e. The molecule has 0 spiro atoms. The van der Waals surface area contributed by atoms with Crippen molar-refractivity contribution in [3.8, 4) is 0 Å². The molecular weight excluding hydrogens is 260 g/mol. The van der Waals surface area contributed by atoms with Crippen molar-refractivity contribution in [3.05, 3.63) is 38.9 Å². The molecule has 1 aromatic rings. The molecule has 0 saturated heterocycles. The van der Waals surface area contributed by atoms with Crippen LogP contribution >= 0.6 is 11.6 Å². The molecule has 0 radical (unpaired) electrons. The maximum atomic E-state index is 11.0. The van der Waals surface area contributed by atoms with Gasteiger partial charge in [0.25, 0.3) is 5.69 Å². The van der Waals surface area contributed by atoms with Crippen molar-refractivity contribution in [1.29, 1.82) is 0 Å². The van der Waals surface area contributed by atoms with Crippen molar-refractivity contribution >= 4 is 35.0 Å². The van der Waals surface area contributed by atoms with Crippen LogP contribution in [0.4, 0.5) is 11.4 Å². The van der Waals surface area contributed by atoms with E-state index in [9.17, 15) is 14.9 Å². The fourth-order valence-corrected chi connectivity index (χ4v) is 1.97. The molecule has 0 unspecified atom stereocenters. The summed E-state index contributed by atoms with van der Waals surface area (Å²) in [6.45, 7) is 1.49. The summed E-state index contributed by atoms with van der Waals surface area (Å²) in [7, 11) is 0. The number of nitro benzene ring substituents is 1. The average Bonchev–Trinajstić information content (AvgIpc) is 2.26. The number of fused-ring (bicyclic) bond motifs is 1. The normalized spacial score (nSPS) is 13.1. The summed E-state index contributed by atoms with van der Waals surface area (Å²) in [5, 5.41) is 12.5. The van der Waals surface area contributed by atoms with Crippen LogP contribution in [0.3, 0.4) is 0 Å². The molecule has 1 aliphatic rings. The van der Waals surface area contributed by atoms with Gasteiger partial charge in [-0.1, -0.05) is 23.8 Å². The minimum atomic E-state index is -0.555. The number of hydroxylamine groups is 1. The first-order chi connectivity index (χ1) is 8.49. The second-order valence-corrected chi connectivity index (χ2v) is 4.10. The standard InChI is InChI=1S/C11H9ClN2O4/c1-7(15)18-13-4-2-3-8-5-9(12)6-10(11(8)13)14(16)17/h2-3,5-6H,4H2,1H3. The number of rotatable bonds is 2. The van der Waals surface area contributed by atoms with E-state index in [1.165, 1.54) is 18.1 Å². The summed E-state index contributed by atoms with van der Waals surface area (Å²) in [4.78, 5) is 26.4. The second kappa shape index (κ2) is 4.66. The number of anilines is 1. The molecule has 0 atom stereocenters. The number of hydrogen-bond donors (Lipinski definition) is 0. The fourth-order valence-electron chi connectivity index (χ4n) is 1.75. The number of nitrogens with zero attached hydrogens (tertiary/aromatic N) is 2. The molecule has 0 bridgehead atoms. The van der Waals surface area contributed by atoms with Crippen LogP contribution in [-0.2, 0) is 9.63 Å². The first kappa shape index (κ1) is 12.4. The van der Waals surface area contributed by atoms with Gasteiger partial charge in [-0.05, 0) is 6.07 Å². The van der Waals surface area contributed by atoms with E-state index in [2.05, 4.69) is 0 Å². The molecule has 0 aromatic heterocycles. The van der Waals surface area contributed by atoms with Gasteiger partial charge in [-0.25, -0.2) is 0 Å². The van der Waals surface area contributed by atoms with E-state index >= 15 is 0 Å². The van der Waals surface area contributed by atoms with Crippen molar-refractivity contribution in [2.45, 2.75) is 6.92 Å². The van der Waals surface area contributed by atoms with Crippen LogP contribution in [0.1, 0.15) is 12.5 Å². The van der Waals surface area contributed by atoms with Gasteiger partial charge in [-0.3, -0.25) is 14.9 Å². The molecule has 6 nitrogen and oxygen atoms in total. The maximum absolute atomic E-state index is 11.0. The lowest BCUT2D eigenvalue weighted by molar-refractivity contribution is -0.384. The summed E-state index contributed by atoms with van der Waals surface area (Å²) in [5.41, 5.74) is 0.590. The zero-order valence-electron chi connectivity index (χ0n) is 9.42. The van der Waals surface area contributed by atoms with Gasteiger partial charge in [0, 0.05) is 23.6 Å². The molecule has 0 saturated carbocycles. The number of benzene rings is 1. The van der Waals surface area contributed by atoms with Crippen LogP contribution in [0, 0.1) is 10.1 Å². The monoisotopic (exact) mass is 268 g/mol. The van der Waals surface area contributed by atoms with Crippen molar-refractivity contribution < 1.29 is 14.6 Å². The number of carbonyl (C=O) groups is 1. The lowest BCUT2D eigenvalue weighted by Crippen LogP contribution is -2.29. The van der Waals surface area contributed by atoms with Gasteiger partial charge in [-0.15, -0.1) is 0 Å². The van der Waals surface area contributed by atoms with Gasteiger partial charge in [0.2, 0.25) is 0 Å². The van der Waals surface area contributed by atoms with E-state index in [0.717, 1.165) is 0 Å². The highest BCUT2D eigenvalue weighted by atomic mass is 35.5. The predicted molar refractivity (Wildman–Crippen MR) is 66.3 cm³/mol. The Balaban J connectivity index is 2.57. The quantitative estimate of drug-likeness (QED) is 0.609. The van der Waals surface area contributed by atoms with Gasteiger partial charge < -0.3 is 4.84 Å². The third kappa shape index (κ3) is 2.28. The van der Waals surface area contributed by atoms with Crippen molar-refractivity contribution in [2.24, 2.45) is 0 Å². The Kier molecular flexibility index (Phi) is 3.20. The van der Waals surface area contributed by atoms with E-state index in [0.29, 0.717) is 5.56 Å². The fraction of sp³-hybridized carbons (Fsp3) is 0.182. The van der Waals surface area contributed by atoms with Crippen LogP contribution in [0.15, 0.2) is 18.2 Å². The number of carbonyl (C=O) groups excluding carboxylic acids is 1. The maximum Gasteiger partial charge on any atom is 0.329 e. The Morgan fingerprint density at radius 1 is 1.56 bits per heavy atom. The molecule has 1 aliphatic heterocycles. The summed E-state index contributed by atoms with van der Waals surface area (Å²) >= 11 is 5.81. The first-order valence-corrected chi connectivity index (χ1v) is 5.47. The summed E-state index contributed by atoms with van der Waals surface area (Å²) in [5.74, 6) is -0.541. The Bertz CT molecular complexity index is 556. The van der Waals surface area contributed by atoms with E-state index in [-0.39, 0.29) is 22.9 Å². The van der Waals surface area contributed by atoms with E-state index in [1.807, 2.05) is 0 Å². The van der Waals surface area contributed by atoms with Crippen LogP contribution in [0.25, 0.3) is 6.08 Å². The first-order valence-electron chi connectivity index (χ1n) is 5.09. The molecule has 0 fully saturated rings. The Morgan fingerprint density at radius 3 is 2.89 bits per heavy atom. The van der Waals surface area contributed by atoms with Crippen molar-refractivity contribution in [2.75, 3.05) is 11.6 Å². The van der Waals surface area contributed by atoms with Crippen molar-refractivity contribution in [3.63, 3.8) is 0 Å². The zero-order valence-corrected chi connectivity index (χ0v) is 10.2. The van der Waals surface area contributed by atoms with Crippen LogP contribution < -0.4 is 5.06 Å². The summed E-state index contributed by atoms with van der Waals surface area (Å²) < 4.78 is 0. The number of hydrogen-bond acceptors (Lipinski definition) is 5. The second-order valence-electron chi connectivity index (χ2n) is 3.67. The molecule has 7 heteroatoms. The van der Waals surface area contributed by atoms with Gasteiger partial charge in [0.05, 0.1) is 11.5 Å². The van der Waals surface area contributed by atoms with Gasteiger partial charge in [-0.2, -0.15) is 5.06 Å². The highest BCUT2D eigenvalue weighted by Gasteiger charge is 2.27. The Hall–Kier alpha value is -2.08. The molecule has 2 rings (SSSR count). The molecule has 18 heavy (non-hydrogen) atoms. The summed E-state index contributed by atoms with van der Waals surface area (Å²) in [6.07, 6.45) is 3.43. The highest BCUT2D eigenvalue weighted by Crippen LogP contribution is 2.38. The molecule has 1 heterocycles. The average molecular weight is 269 g/mol. The molecule has 0 N–H and O–H groups in total. The SMILES string of the molecule is CC(=O)ON1CC=Cc2cc(Cl)cc([N+](=O)[O-])c21. The van der Waals surface area contributed by atoms with E-state index in [1.54, 1.807) is 18.2 Å². The third-order valence-electron chi connectivity index (χ3n) is 2.34. The Labute approximate surface area is 108 Å². The lowest BCUT2D eigenvalue weighted by atomic mass is 10.1. The summed E-state index contributed by atoms with van der Waals surface area (Å²) in [6, 6.07) is 2.81. The molecule has 1 aromatic carbocycles. The van der Waals surface area contributed by atoms with Crippen LogP contribution in [0.5, 0.6) is 0 Å². The molecule has 0 aliphatic carbocycles. The smallest absolute Gasteiger partial charge is 0.329 e. The van der Waals surface area contributed by atoms with Gasteiger partial charge in [0.1, 0.15) is 0 Å². The Morgan fingerprint density at radius 2 is 2.28 bits per heavy atom. The minimum Gasteiger partial charge on any atom is -0.341 e. The minimum absolute atomic E-state index is 0.192. The van der Waals surface area contributed by atoms with Gasteiger partial charge in [0.15, 0.2) is 5.69 Å². The van der Waals surface area contributed by atoms with Crippen LogP contribution in [-0.4, -0.2) is 17.4 Å². The number of nitro groups is 1. The van der Waals surface area contributed by atoms with E-state index in [4.69, 9.17) is 16.4 Å². The van der Waals surface area contributed by atoms with E-state index < -0.39 is 10.9 Å². The molecule has 0 amide bonds. The molecule has 94 valence electrons. The highest BCUT2D eigenvalue weighted by molar-refractivity contribution is 6.31. The molecular formula is C11H9ClN2O4. The topological polar surface area (TPSA) is 72.7 Å². The zero-order chi connectivity index (χ0) is 13.3. The van der Waals surface area contributed by atoms with Crippen LogP contribution in [0.2, 0.25) is 5.02 Å². The van der Waals surface area contributed by atoms with Crippen molar-refractivity contribution in [1.82, 2.24) is 0 Å². The van der Waals surface area contributed by atoms with Gasteiger partial charge >= 0.3 is 5.97 Å². The lowest BCUT2D eigenvalue weighted by Gasteiger charge is -2.25.